The highest BCUT2D eigenvalue weighted by Gasteiger charge is 2.55. The SMILES string of the molecule is COc1cc(/C=C2\SC(=O)N(Cc3ccc(I)cc3)C2=O)cc(Br)c1OC(=O)C12CC3CC(CC(C3)C1)C2. The van der Waals surface area contributed by atoms with Gasteiger partial charge < -0.3 is 9.47 Å². The molecule has 6 nitrogen and oxygen atoms in total. The largest absolute Gasteiger partial charge is 0.493 e. The van der Waals surface area contributed by atoms with Crippen molar-refractivity contribution in [1.29, 1.82) is 0 Å². The average Bonchev–Trinajstić information content (AvgIpc) is 3.13. The van der Waals surface area contributed by atoms with Gasteiger partial charge in [-0.1, -0.05) is 12.1 Å². The van der Waals surface area contributed by atoms with Gasteiger partial charge in [0.2, 0.25) is 0 Å². The average molecular weight is 708 g/mol. The van der Waals surface area contributed by atoms with Crippen LogP contribution in [0.2, 0.25) is 0 Å². The Morgan fingerprint density at radius 3 is 2.34 bits per heavy atom. The van der Waals surface area contributed by atoms with E-state index in [9.17, 15) is 14.4 Å². The van der Waals surface area contributed by atoms with E-state index in [-0.39, 0.29) is 29.1 Å². The number of hydrogen-bond acceptors (Lipinski definition) is 6. The lowest BCUT2D eigenvalue weighted by Gasteiger charge is -2.55. The van der Waals surface area contributed by atoms with Gasteiger partial charge in [-0.15, -0.1) is 0 Å². The van der Waals surface area contributed by atoms with E-state index in [4.69, 9.17) is 9.47 Å². The second-order valence-corrected chi connectivity index (χ2v) is 14.1. The minimum absolute atomic E-state index is 0.153. The molecule has 5 aliphatic rings. The first-order chi connectivity index (χ1) is 18.2. The Morgan fingerprint density at radius 2 is 1.74 bits per heavy atom. The zero-order chi connectivity index (χ0) is 26.6. The molecule has 4 aliphatic carbocycles. The van der Waals surface area contributed by atoms with E-state index in [0.29, 0.717) is 44.2 Å². The molecule has 0 atom stereocenters. The molecule has 4 saturated carbocycles. The number of rotatable bonds is 6. The van der Waals surface area contributed by atoms with Crippen LogP contribution in [0.4, 0.5) is 4.79 Å². The first kappa shape index (κ1) is 26.4. The number of carbonyl (C=O) groups is 3. The van der Waals surface area contributed by atoms with E-state index in [1.54, 1.807) is 18.2 Å². The van der Waals surface area contributed by atoms with Gasteiger partial charge in [-0.2, -0.15) is 0 Å². The zero-order valence-electron chi connectivity index (χ0n) is 20.9. The molecule has 5 fully saturated rings. The number of halogens is 2. The molecule has 4 bridgehead atoms. The van der Waals surface area contributed by atoms with Crippen molar-refractivity contribution in [2.75, 3.05) is 7.11 Å². The van der Waals surface area contributed by atoms with Gasteiger partial charge in [0.25, 0.3) is 11.1 Å². The summed E-state index contributed by atoms with van der Waals surface area (Å²) in [5, 5.41) is -0.299. The number of benzene rings is 2. The molecule has 2 amide bonds. The van der Waals surface area contributed by atoms with Crippen LogP contribution in [0.5, 0.6) is 11.5 Å². The standard InChI is InChI=1S/C29H27BrINO5S/c1-36-23-10-17(11-24-26(33)32(28(35)38-24)15-16-2-4-21(31)5-3-16)9-22(30)25(23)37-27(34)29-12-18-6-19(13-29)8-20(7-18)14-29/h2-5,9-11,18-20H,6-8,12-15H2,1H3/b24-11-. The maximum atomic E-state index is 13.5. The van der Waals surface area contributed by atoms with Crippen molar-refractivity contribution in [2.24, 2.45) is 23.2 Å². The third kappa shape index (κ3) is 4.94. The molecule has 1 saturated heterocycles. The Kier molecular flexibility index (Phi) is 7.14. The Labute approximate surface area is 248 Å². The monoisotopic (exact) mass is 707 g/mol. The topological polar surface area (TPSA) is 72.9 Å². The van der Waals surface area contributed by atoms with E-state index in [0.717, 1.165) is 40.2 Å². The molecule has 7 rings (SSSR count). The van der Waals surface area contributed by atoms with Crippen molar-refractivity contribution in [3.05, 3.63) is 60.5 Å². The van der Waals surface area contributed by atoms with Gasteiger partial charge >= 0.3 is 5.97 Å². The van der Waals surface area contributed by atoms with Crippen molar-refractivity contribution >= 4 is 73.5 Å². The Bertz CT molecular complexity index is 1320. The first-order valence-corrected chi connectivity index (χ1v) is 15.5. The van der Waals surface area contributed by atoms with Crippen LogP contribution in [0.25, 0.3) is 6.08 Å². The second-order valence-electron chi connectivity index (χ2n) is 11.0. The molecule has 9 heteroatoms. The van der Waals surface area contributed by atoms with Gasteiger partial charge in [0.1, 0.15) is 0 Å². The molecule has 0 spiro atoms. The molecular weight excluding hydrogens is 681 g/mol. The van der Waals surface area contributed by atoms with Crippen LogP contribution in [-0.2, 0) is 16.1 Å². The summed E-state index contributed by atoms with van der Waals surface area (Å²) in [6.45, 7) is 0.227. The third-order valence-electron chi connectivity index (χ3n) is 8.34. The van der Waals surface area contributed by atoms with Crippen LogP contribution in [-0.4, -0.2) is 29.1 Å². The zero-order valence-corrected chi connectivity index (χ0v) is 25.4. The van der Waals surface area contributed by atoms with Gasteiger partial charge in [0.05, 0.1) is 28.4 Å². The summed E-state index contributed by atoms with van der Waals surface area (Å²) >= 11 is 6.70. The fourth-order valence-corrected chi connectivity index (χ4v) is 8.78. The van der Waals surface area contributed by atoms with E-state index in [2.05, 4.69) is 38.5 Å². The van der Waals surface area contributed by atoms with Crippen LogP contribution < -0.4 is 9.47 Å². The summed E-state index contributed by atoms with van der Waals surface area (Å²) in [5.41, 5.74) is 1.18. The molecule has 0 radical (unpaired) electrons. The number of nitrogens with zero attached hydrogens (tertiary/aromatic N) is 1. The lowest BCUT2D eigenvalue weighted by Crippen LogP contribution is -2.51. The van der Waals surface area contributed by atoms with E-state index in [1.807, 2.05) is 24.3 Å². The van der Waals surface area contributed by atoms with Gasteiger partial charge in [0, 0.05) is 3.57 Å². The first-order valence-electron chi connectivity index (χ1n) is 12.8. The van der Waals surface area contributed by atoms with Crippen molar-refractivity contribution < 1.29 is 23.9 Å². The third-order valence-corrected chi connectivity index (χ3v) is 10.6. The summed E-state index contributed by atoms with van der Waals surface area (Å²) in [4.78, 5) is 40.8. The fraction of sp³-hybridized carbons (Fsp3) is 0.414. The van der Waals surface area contributed by atoms with Gasteiger partial charge in [-0.25, -0.2) is 0 Å². The highest BCUT2D eigenvalue weighted by molar-refractivity contribution is 14.1. The normalized spacial score (nSPS) is 28.9. The van der Waals surface area contributed by atoms with Crippen LogP contribution >= 0.6 is 50.3 Å². The highest BCUT2D eigenvalue weighted by atomic mass is 127. The molecule has 2 aromatic carbocycles. The number of imide groups is 1. The molecule has 0 unspecified atom stereocenters. The van der Waals surface area contributed by atoms with Crippen LogP contribution in [0.3, 0.4) is 0 Å². The van der Waals surface area contributed by atoms with Gasteiger partial charge in [-0.3, -0.25) is 19.3 Å². The summed E-state index contributed by atoms with van der Waals surface area (Å²) in [7, 11) is 1.53. The van der Waals surface area contributed by atoms with Crippen molar-refractivity contribution in [2.45, 2.75) is 45.1 Å². The van der Waals surface area contributed by atoms with E-state index >= 15 is 0 Å². The molecule has 198 valence electrons. The summed E-state index contributed by atoms with van der Waals surface area (Å²) in [5.74, 6) is 2.21. The van der Waals surface area contributed by atoms with E-state index in [1.165, 1.54) is 31.3 Å². The molecular formula is C29H27BrINO5S. The molecule has 2 aromatic rings. The number of thioether (sulfide) groups is 1. The Balaban J connectivity index is 1.21. The minimum atomic E-state index is -0.381. The minimum Gasteiger partial charge on any atom is -0.493 e. The van der Waals surface area contributed by atoms with Gasteiger partial charge in [-0.05, 0) is 148 Å². The lowest BCUT2D eigenvalue weighted by molar-refractivity contribution is -0.161. The van der Waals surface area contributed by atoms with Crippen molar-refractivity contribution in [3.63, 3.8) is 0 Å². The number of amides is 2. The second kappa shape index (κ2) is 10.3. The molecule has 1 heterocycles. The molecule has 0 aromatic heterocycles. The van der Waals surface area contributed by atoms with Crippen molar-refractivity contribution in [3.8, 4) is 11.5 Å². The summed E-state index contributed by atoms with van der Waals surface area (Å²) in [6.07, 6.45) is 8.21. The Hall–Kier alpha value is -1.85. The quantitative estimate of drug-likeness (QED) is 0.135. The molecule has 38 heavy (non-hydrogen) atoms. The maximum absolute atomic E-state index is 13.5. The van der Waals surface area contributed by atoms with Gasteiger partial charge in [0.15, 0.2) is 11.5 Å². The molecule has 1 aliphatic heterocycles. The van der Waals surface area contributed by atoms with Crippen LogP contribution in [0, 0.1) is 26.7 Å². The summed E-state index contributed by atoms with van der Waals surface area (Å²) in [6, 6.07) is 11.3. The predicted octanol–water partition coefficient (Wildman–Crippen LogP) is 7.42. The van der Waals surface area contributed by atoms with E-state index < -0.39 is 0 Å². The van der Waals surface area contributed by atoms with Crippen molar-refractivity contribution in [1.82, 2.24) is 4.90 Å². The Morgan fingerprint density at radius 1 is 1.11 bits per heavy atom. The maximum Gasteiger partial charge on any atom is 0.317 e. The molecule has 0 N–H and O–H groups in total. The number of ether oxygens (including phenoxy) is 2. The number of methoxy groups -OCH3 is 1. The number of hydrogen-bond donors (Lipinski definition) is 0. The highest BCUT2D eigenvalue weighted by Crippen LogP contribution is 2.60. The lowest BCUT2D eigenvalue weighted by atomic mass is 9.49. The van der Waals surface area contributed by atoms with Crippen LogP contribution in [0.1, 0.15) is 49.7 Å². The van der Waals surface area contributed by atoms with Crippen LogP contribution in [0.15, 0.2) is 45.8 Å². The predicted molar refractivity (Wildman–Crippen MR) is 158 cm³/mol. The number of carbonyl (C=O) groups excluding carboxylic acids is 3. The smallest absolute Gasteiger partial charge is 0.317 e. The fourth-order valence-electron chi connectivity index (χ4n) is 7.04. The summed E-state index contributed by atoms with van der Waals surface area (Å²) < 4.78 is 13.3. The number of esters is 1.